The third kappa shape index (κ3) is 3.90. The van der Waals surface area contributed by atoms with Gasteiger partial charge in [0, 0.05) is 35.2 Å². The van der Waals surface area contributed by atoms with Crippen LogP contribution in [0.1, 0.15) is 10.4 Å². The first-order valence-corrected chi connectivity index (χ1v) is 7.87. The van der Waals surface area contributed by atoms with Gasteiger partial charge < -0.3 is 15.0 Å². The lowest BCUT2D eigenvalue weighted by Crippen LogP contribution is -2.50. The summed E-state index contributed by atoms with van der Waals surface area (Å²) in [6, 6.07) is 10.4. The zero-order valence-electron chi connectivity index (χ0n) is 12.8. The number of halogens is 1. The number of nitrogens with one attached hydrogen (secondary N) is 1. The highest BCUT2D eigenvalue weighted by molar-refractivity contribution is 6.30. The Labute approximate surface area is 144 Å². The number of hydrogen-bond acceptors (Lipinski definition) is 4. The molecule has 1 aliphatic rings. The third-order valence-corrected chi connectivity index (χ3v) is 3.92. The molecule has 1 N–H and O–H groups in total. The van der Waals surface area contributed by atoms with Crippen molar-refractivity contribution in [1.29, 1.82) is 0 Å². The molecule has 0 saturated carbocycles. The highest BCUT2D eigenvalue weighted by Crippen LogP contribution is 2.22. The summed E-state index contributed by atoms with van der Waals surface area (Å²) < 4.78 is 5.51. The maximum absolute atomic E-state index is 12.1. The van der Waals surface area contributed by atoms with Gasteiger partial charge in [0.15, 0.2) is 0 Å². The van der Waals surface area contributed by atoms with Gasteiger partial charge in [0.1, 0.15) is 6.61 Å². The highest BCUT2D eigenvalue weighted by Gasteiger charge is 2.27. The number of anilines is 1. The minimum Gasteiger partial charge on any atom is -0.365 e. The molecule has 1 aromatic carbocycles. The number of pyridine rings is 1. The summed E-state index contributed by atoms with van der Waals surface area (Å²) >= 11 is 5.99. The Balaban J connectivity index is 1.61. The first-order chi connectivity index (χ1) is 11.6. The maximum atomic E-state index is 12.1. The predicted molar refractivity (Wildman–Crippen MR) is 90.1 cm³/mol. The monoisotopic (exact) mass is 345 g/mol. The number of amides is 2. The molecule has 1 aromatic heterocycles. The molecule has 1 atom stereocenters. The minimum absolute atomic E-state index is 0.0255. The van der Waals surface area contributed by atoms with E-state index in [1.807, 2.05) is 6.07 Å². The second-order valence-corrected chi connectivity index (χ2v) is 5.80. The summed E-state index contributed by atoms with van der Waals surface area (Å²) in [5.41, 5.74) is 1.25. The Morgan fingerprint density at radius 1 is 1.33 bits per heavy atom. The third-order valence-electron chi connectivity index (χ3n) is 3.68. The van der Waals surface area contributed by atoms with Crippen LogP contribution in [0.15, 0.2) is 48.8 Å². The summed E-state index contributed by atoms with van der Waals surface area (Å²) in [7, 11) is 0. The molecular formula is C17H16ClN3O3. The summed E-state index contributed by atoms with van der Waals surface area (Å²) in [6.45, 7) is 0.642. The predicted octanol–water partition coefficient (Wildman–Crippen LogP) is 1.90. The van der Waals surface area contributed by atoms with Crippen LogP contribution in [0.2, 0.25) is 5.02 Å². The second-order valence-electron chi connectivity index (χ2n) is 5.36. The van der Waals surface area contributed by atoms with E-state index in [-0.39, 0.29) is 24.5 Å². The fraction of sp³-hybridized carbons (Fsp3) is 0.235. The van der Waals surface area contributed by atoms with E-state index in [9.17, 15) is 9.59 Å². The molecule has 0 aliphatic carbocycles. The van der Waals surface area contributed by atoms with Gasteiger partial charge in [-0.1, -0.05) is 17.7 Å². The smallest absolute Gasteiger partial charge is 0.253 e. The molecule has 0 spiro atoms. The molecule has 2 heterocycles. The van der Waals surface area contributed by atoms with Crippen LogP contribution < -0.4 is 10.2 Å². The Hall–Kier alpha value is -2.44. The number of carbonyl (C=O) groups is 2. The lowest BCUT2D eigenvalue weighted by Gasteiger charge is -2.33. The van der Waals surface area contributed by atoms with Crippen molar-refractivity contribution < 1.29 is 14.3 Å². The van der Waals surface area contributed by atoms with Crippen LogP contribution in [0, 0.1) is 0 Å². The largest absolute Gasteiger partial charge is 0.365 e. The van der Waals surface area contributed by atoms with Gasteiger partial charge in [-0.15, -0.1) is 0 Å². The normalized spacial score (nSPS) is 17.6. The van der Waals surface area contributed by atoms with Gasteiger partial charge in [-0.05, 0) is 30.3 Å². The van der Waals surface area contributed by atoms with Gasteiger partial charge in [-0.25, -0.2) is 0 Å². The number of benzene rings is 1. The van der Waals surface area contributed by atoms with Gasteiger partial charge in [0.25, 0.3) is 11.8 Å². The molecule has 1 aliphatic heterocycles. The van der Waals surface area contributed by atoms with E-state index in [4.69, 9.17) is 16.3 Å². The summed E-state index contributed by atoms with van der Waals surface area (Å²) in [4.78, 5) is 29.6. The molecule has 2 amide bonds. The van der Waals surface area contributed by atoms with Crippen LogP contribution in [-0.2, 0) is 9.53 Å². The number of rotatable bonds is 4. The summed E-state index contributed by atoms with van der Waals surface area (Å²) in [5.74, 6) is -0.332. The van der Waals surface area contributed by atoms with Gasteiger partial charge in [-0.2, -0.15) is 0 Å². The molecular weight excluding hydrogens is 330 g/mol. The van der Waals surface area contributed by atoms with Crippen molar-refractivity contribution in [3.8, 4) is 0 Å². The Kier molecular flexibility index (Phi) is 5.08. The second kappa shape index (κ2) is 7.42. The van der Waals surface area contributed by atoms with Crippen molar-refractivity contribution in [1.82, 2.24) is 10.3 Å². The molecule has 3 rings (SSSR count). The summed E-state index contributed by atoms with van der Waals surface area (Å²) in [5, 5.41) is 3.38. The Morgan fingerprint density at radius 2 is 2.12 bits per heavy atom. The Morgan fingerprint density at radius 3 is 2.88 bits per heavy atom. The van der Waals surface area contributed by atoms with Crippen LogP contribution in [0.4, 0.5) is 5.69 Å². The SMILES string of the molecule is O=C(NCC1CN(c2cccc(Cl)c2)C(=O)CO1)c1ccncc1. The van der Waals surface area contributed by atoms with E-state index in [0.717, 1.165) is 5.69 Å². The van der Waals surface area contributed by atoms with Crippen LogP contribution >= 0.6 is 11.6 Å². The first-order valence-electron chi connectivity index (χ1n) is 7.49. The quantitative estimate of drug-likeness (QED) is 0.918. The van der Waals surface area contributed by atoms with Crippen molar-refractivity contribution in [2.75, 3.05) is 24.6 Å². The molecule has 1 saturated heterocycles. The van der Waals surface area contributed by atoms with E-state index in [0.29, 0.717) is 23.7 Å². The molecule has 24 heavy (non-hydrogen) atoms. The van der Waals surface area contributed by atoms with Crippen LogP contribution in [0.5, 0.6) is 0 Å². The highest BCUT2D eigenvalue weighted by atomic mass is 35.5. The fourth-order valence-corrected chi connectivity index (χ4v) is 2.64. The minimum atomic E-state index is -0.285. The zero-order chi connectivity index (χ0) is 16.9. The standard InChI is InChI=1S/C17H16ClN3O3/c18-13-2-1-3-14(8-13)21-10-15(24-11-16(21)22)9-20-17(23)12-4-6-19-7-5-12/h1-8,15H,9-11H2,(H,20,23). The van der Waals surface area contributed by atoms with Crippen LogP contribution in [0.3, 0.4) is 0 Å². The number of hydrogen-bond donors (Lipinski definition) is 1. The number of nitrogens with zero attached hydrogens (tertiary/aromatic N) is 2. The van der Waals surface area contributed by atoms with E-state index >= 15 is 0 Å². The average molecular weight is 346 g/mol. The number of aromatic nitrogens is 1. The zero-order valence-corrected chi connectivity index (χ0v) is 13.6. The number of morpholine rings is 1. The number of ether oxygens (including phenoxy) is 1. The van der Waals surface area contributed by atoms with E-state index in [1.54, 1.807) is 47.6 Å². The van der Waals surface area contributed by atoms with Crippen molar-refractivity contribution in [3.05, 3.63) is 59.4 Å². The maximum Gasteiger partial charge on any atom is 0.253 e. The summed E-state index contributed by atoms with van der Waals surface area (Å²) in [6.07, 6.45) is 2.84. The Bertz CT molecular complexity index is 739. The topological polar surface area (TPSA) is 71.5 Å². The van der Waals surface area contributed by atoms with Crippen LogP contribution in [-0.4, -0.2) is 42.6 Å². The van der Waals surface area contributed by atoms with E-state index in [2.05, 4.69) is 10.3 Å². The van der Waals surface area contributed by atoms with E-state index in [1.165, 1.54) is 0 Å². The first kappa shape index (κ1) is 16.4. The van der Waals surface area contributed by atoms with E-state index < -0.39 is 0 Å². The average Bonchev–Trinajstić information content (AvgIpc) is 2.61. The lowest BCUT2D eigenvalue weighted by molar-refractivity contribution is -0.129. The molecule has 0 bridgehead atoms. The lowest BCUT2D eigenvalue weighted by atomic mass is 10.2. The molecule has 2 aromatic rings. The molecule has 124 valence electrons. The van der Waals surface area contributed by atoms with Gasteiger partial charge in [0.05, 0.1) is 12.6 Å². The van der Waals surface area contributed by atoms with Crippen molar-refractivity contribution in [2.45, 2.75) is 6.10 Å². The van der Waals surface area contributed by atoms with Crippen LogP contribution in [0.25, 0.3) is 0 Å². The van der Waals surface area contributed by atoms with Gasteiger partial charge in [0.2, 0.25) is 0 Å². The van der Waals surface area contributed by atoms with Crippen molar-refractivity contribution in [2.24, 2.45) is 0 Å². The van der Waals surface area contributed by atoms with Gasteiger partial charge >= 0.3 is 0 Å². The van der Waals surface area contributed by atoms with Crippen molar-refractivity contribution in [3.63, 3.8) is 0 Å². The van der Waals surface area contributed by atoms with Gasteiger partial charge in [-0.3, -0.25) is 14.6 Å². The van der Waals surface area contributed by atoms with Crippen molar-refractivity contribution >= 4 is 29.1 Å². The molecule has 7 heteroatoms. The number of carbonyl (C=O) groups excluding carboxylic acids is 2. The molecule has 6 nitrogen and oxygen atoms in total. The molecule has 1 unspecified atom stereocenters. The molecule has 0 radical (unpaired) electrons. The fourth-order valence-electron chi connectivity index (χ4n) is 2.45. The molecule has 1 fully saturated rings.